The van der Waals surface area contributed by atoms with Crippen molar-refractivity contribution in [2.75, 3.05) is 19.0 Å². The molecule has 1 saturated heterocycles. The van der Waals surface area contributed by atoms with Crippen LogP contribution in [-0.4, -0.2) is 96.0 Å². The van der Waals surface area contributed by atoms with Gasteiger partial charge in [0, 0.05) is 12.8 Å². The molecule has 1 aliphatic rings. The summed E-state index contributed by atoms with van der Waals surface area (Å²) in [5, 5.41) is 30.9. The molecule has 63 heavy (non-hydrogen) atoms. The fourth-order valence-corrected chi connectivity index (χ4v) is 8.54. The maximum absolute atomic E-state index is 12.8. The molecule has 1 rings (SSSR count). The van der Waals surface area contributed by atoms with Gasteiger partial charge in [0.15, 0.2) is 12.4 Å². The first kappa shape index (κ1) is 59.1. The van der Waals surface area contributed by atoms with Gasteiger partial charge in [-0.25, -0.2) is 0 Å². The summed E-state index contributed by atoms with van der Waals surface area (Å²) in [5.41, 5.74) is 0. The van der Waals surface area contributed by atoms with Crippen LogP contribution in [0.1, 0.15) is 226 Å². The van der Waals surface area contributed by atoms with Gasteiger partial charge >= 0.3 is 11.9 Å². The number of unbranched alkanes of at least 4 members (excludes halogenated alkanes) is 27. The number of aliphatic hydroxyl groups is 3. The van der Waals surface area contributed by atoms with E-state index in [-0.39, 0.29) is 19.4 Å². The van der Waals surface area contributed by atoms with Crippen LogP contribution in [0, 0.1) is 0 Å². The lowest BCUT2D eigenvalue weighted by Crippen LogP contribution is -2.60. The lowest BCUT2D eigenvalue weighted by atomic mass is 10.00. The monoisotopic (exact) mass is 917 g/mol. The van der Waals surface area contributed by atoms with E-state index >= 15 is 0 Å². The molecule has 0 bridgehead atoms. The van der Waals surface area contributed by atoms with Crippen molar-refractivity contribution >= 4 is 22.1 Å². The molecule has 12 nitrogen and oxygen atoms in total. The molecule has 6 atom stereocenters. The van der Waals surface area contributed by atoms with Gasteiger partial charge in [-0.2, -0.15) is 8.42 Å². The van der Waals surface area contributed by atoms with Crippen molar-refractivity contribution in [3.63, 3.8) is 0 Å². The van der Waals surface area contributed by atoms with Gasteiger partial charge in [-0.05, 0) is 32.1 Å². The van der Waals surface area contributed by atoms with E-state index in [1.807, 2.05) is 12.2 Å². The van der Waals surface area contributed by atoms with E-state index in [1.54, 1.807) is 0 Å². The molecule has 370 valence electrons. The van der Waals surface area contributed by atoms with Crippen LogP contribution in [0.2, 0.25) is 0 Å². The topological polar surface area (TPSA) is 186 Å². The number of rotatable bonds is 43. The van der Waals surface area contributed by atoms with Crippen molar-refractivity contribution in [3.05, 3.63) is 24.3 Å². The van der Waals surface area contributed by atoms with E-state index < -0.39 is 71.2 Å². The SMILES string of the molecule is CCCCCCCC/C=C/C/C=C/CCC(=O)OC(COC(=O)CCCCCCCCCCCCCCCCCCCCCCCC)CO[C@H]1O[C@H](CS(=O)(=O)O)[C@@H](O)C(O)C1O. The summed E-state index contributed by atoms with van der Waals surface area (Å²) in [5.74, 6) is -2.06. The highest BCUT2D eigenvalue weighted by molar-refractivity contribution is 7.85. The van der Waals surface area contributed by atoms with Gasteiger partial charge in [0.25, 0.3) is 10.1 Å². The summed E-state index contributed by atoms with van der Waals surface area (Å²) in [6, 6.07) is 0. The van der Waals surface area contributed by atoms with Crippen LogP contribution in [0.15, 0.2) is 24.3 Å². The Morgan fingerprint density at radius 2 is 0.984 bits per heavy atom. The maximum atomic E-state index is 12.8. The number of carbonyl (C=O) groups is 2. The first-order chi connectivity index (χ1) is 30.5. The number of allylic oxidation sites excluding steroid dienone is 4. The molecule has 0 spiro atoms. The van der Waals surface area contributed by atoms with E-state index in [0.29, 0.717) is 12.8 Å². The Morgan fingerprint density at radius 1 is 0.540 bits per heavy atom. The Balaban J connectivity index is 2.35. The number of hydrogen-bond donors (Lipinski definition) is 4. The zero-order valence-corrected chi connectivity index (χ0v) is 40.5. The standard InChI is InChI=1S/C50H92O12S/c1-3-5-7-9-11-13-15-17-18-19-20-21-22-23-24-25-27-28-30-32-34-36-38-45(51)59-40-43(41-60-50-49(55)48(54)47(53)44(62-50)42-63(56,57)58)61-46(52)39-37-35-33-31-29-26-16-14-12-10-8-6-4-2/h26,29,33,35,43-44,47-50,53-55H,3-25,27-28,30-32,34,36-42H2,1-2H3,(H,56,57,58)/b29-26+,35-33+/t43?,44-,47-,48?,49?,50+/m1/s1. The normalized spacial score (nSPS) is 19.9. The van der Waals surface area contributed by atoms with Crippen molar-refractivity contribution in [2.24, 2.45) is 0 Å². The summed E-state index contributed by atoms with van der Waals surface area (Å²) in [6.07, 6.45) is 36.8. The molecular formula is C50H92O12S. The Bertz CT molecular complexity index is 1260. The lowest BCUT2D eigenvalue weighted by Gasteiger charge is -2.40. The molecular weight excluding hydrogens is 825 g/mol. The number of carbonyl (C=O) groups excluding carboxylic acids is 2. The zero-order chi connectivity index (χ0) is 46.2. The van der Waals surface area contributed by atoms with Crippen molar-refractivity contribution in [2.45, 2.75) is 263 Å². The second kappa shape index (κ2) is 40.4. The van der Waals surface area contributed by atoms with Gasteiger partial charge in [0.2, 0.25) is 0 Å². The summed E-state index contributed by atoms with van der Waals surface area (Å²) < 4.78 is 54.1. The van der Waals surface area contributed by atoms with Gasteiger partial charge in [-0.15, -0.1) is 0 Å². The summed E-state index contributed by atoms with van der Waals surface area (Å²) >= 11 is 0. The molecule has 1 aliphatic heterocycles. The summed E-state index contributed by atoms with van der Waals surface area (Å²) in [4.78, 5) is 25.4. The minimum absolute atomic E-state index is 0.0613. The molecule has 1 fully saturated rings. The predicted molar refractivity (Wildman–Crippen MR) is 252 cm³/mol. The van der Waals surface area contributed by atoms with Crippen LogP contribution in [0.4, 0.5) is 0 Å². The largest absolute Gasteiger partial charge is 0.462 e. The van der Waals surface area contributed by atoms with Crippen molar-refractivity contribution < 1.29 is 56.8 Å². The average molecular weight is 917 g/mol. The van der Waals surface area contributed by atoms with Crippen LogP contribution in [0.25, 0.3) is 0 Å². The highest BCUT2D eigenvalue weighted by Crippen LogP contribution is 2.24. The molecule has 0 amide bonds. The fourth-order valence-electron chi connectivity index (χ4n) is 7.85. The molecule has 1 heterocycles. The summed E-state index contributed by atoms with van der Waals surface area (Å²) in [7, 11) is -4.61. The Labute approximate surface area is 383 Å². The Hall–Kier alpha value is -1.87. The maximum Gasteiger partial charge on any atom is 0.306 e. The van der Waals surface area contributed by atoms with Crippen LogP contribution in [-0.2, 0) is 38.7 Å². The van der Waals surface area contributed by atoms with Crippen LogP contribution in [0.3, 0.4) is 0 Å². The minimum atomic E-state index is -4.61. The van der Waals surface area contributed by atoms with Crippen LogP contribution in [0.5, 0.6) is 0 Å². The predicted octanol–water partition coefficient (Wildman–Crippen LogP) is 11.2. The van der Waals surface area contributed by atoms with Crippen LogP contribution < -0.4 is 0 Å². The minimum Gasteiger partial charge on any atom is -0.462 e. The average Bonchev–Trinajstić information content (AvgIpc) is 3.25. The fraction of sp³-hybridized carbons (Fsp3) is 0.880. The van der Waals surface area contributed by atoms with Crippen molar-refractivity contribution in [1.29, 1.82) is 0 Å². The van der Waals surface area contributed by atoms with Crippen molar-refractivity contribution in [3.8, 4) is 0 Å². The molecule has 4 N–H and O–H groups in total. The van der Waals surface area contributed by atoms with E-state index in [1.165, 1.54) is 154 Å². The molecule has 0 aromatic carbocycles. The second-order valence-electron chi connectivity index (χ2n) is 17.8. The van der Waals surface area contributed by atoms with E-state index in [9.17, 15) is 37.9 Å². The molecule has 3 unspecified atom stereocenters. The van der Waals surface area contributed by atoms with Gasteiger partial charge in [0.1, 0.15) is 36.8 Å². The molecule has 0 aliphatic carbocycles. The highest BCUT2D eigenvalue weighted by Gasteiger charge is 2.46. The van der Waals surface area contributed by atoms with Crippen LogP contribution >= 0.6 is 0 Å². The van der Waals surface area contributed by atoms with Gasteiger partial charge < -0.3 is 34.3 Å². The number of ether oxygens (including phenoxy) is 4. The first-order valence-electron chi connectivity index (χ1n) is 25.4. The number of esters is 2. The third-order valence-electron chi connectivity index (χ3n) is 11.8. The second-order valence-corrected chi connectivity index (χ2v) is 19.3. The van der Waals surface area contributed by atoms with Gasteiger partial charge in [-0.1, -0.05) is 205 Å². The number of hydrogen-bond acceptors (Lipinski definition) is 11. The summed E-state index contributed by atoms with van der Waals surface area (Å²) in [6.45, 7) is 3.73. The van der Waals surface area contributed by atoms with E-state index in [4.69, 9.17) is 18.9 Å². The molecule has 0 radical (unpaired) electrons. The van der Waals surface area contributed by atoms with E-state index in [2.05, 4.69) is 26.0 Å². The smallest absolute Gasteiger partial charge is 0.306 e. The van der Waals surface area contributed by atoms with E-state index in [0.717, 1.165) is 32.1 Å². The zero-order valence-electron chi connectivity index (χ0n) is 39.7. The Kier molecular flexibility index (Phi) is 37.9. The van der Waals surface area contributed by atoms with Crippen molar-refractivity contribution in [1.82, 2.24) is 0 Å². The Morgan fingerprint density at radius 3 is 1.46 bits per heavy atom. The van der Waals surface area contributed by atoms with Gasteiger partial charge in [-0.3, -0.25) is 14.1 Å². The molecule has 13 heteroatoms. The highest BCUT2D eigenvalue weighted by atomic mass is 32.2. The van der Waals surface area contributed by atoms with Gasteiger partial charge in [0.05, 0.1) is 6.61 Å². The lowest BCUT2D eigenvalue weighted by molar-refractivity contribution is -0.297. The molecule has 0 aromatic heterocycles. The third-order valence-corrected chi connectivity index (χ3v) is 12.5. The molecule has 0 saturated carbocycles. The molecule has 0 aromatic rings. The quantitative estimate of drug-likeness (QED) is 0.0197. The number of aliphatic hydroxyl groups excluding tert-OH is 3. The third kappa shape index (κ3) is 35.1. The first-order valence-corrected chi connectivity index (χ1v) is 27.0.